The van der Waals surface area contributed by atoms with Gasteiger partial charge in [0, 0.05) is 5.41 Å². The zero-order valence-corrected chi connectivity index (χ0v) is 13.8. The highest BCUT2D eigenvalue weighted by Gasteiger charge is 2.59. The molecule has 3 unspecified atom stereocenters. The Balaban J connectivity index is 1.70. The third kappa shape index (κ3) is 1.78. The maximum absolute atomic E-state index is 14.5. The summed E-state index contributed by atoms with van der Waals surface area (Å²) < 4.78 is 14.5. The Hall–Kier alpha value is -0.410. The molecule has 4 rings (SSSR count). The van der Waals surface area contributed by atoms with E-state index in [1.54, 1.807) is 0 Å². The summed E-state index contributed by atoms with van der Waals surface area (Å²) in [6, 6.07) is 0. The predicted octanol–water partition coefficient (Wildman–Crippen LogP) is 3.62. The van der Waals surface area contributed by atoms with Crippen molar-refractivity contribution in [3.05, 3.63) is 11.6 Å². The number of alkyl halides is 1. The van der Waals surface area contributed by atoms with Crippen LogP contribution in [0.15, 0.2) is 11.6 Å². The molecule has 0 aliphatic heterocycles. The molecule has 3 heteroatoms. The maximum Gasteiger partial charge on any atom is 0.106 e. The Morgan fingerprint density at radius 2 is 1.82 bits per heavy atom. The molecule has 2 N–H and O–H groups in total. The van der Waals surface area contributed by atoms with Gasteiger partial charge in [0.1, 0.15) is 12.3 Å². The summed E-state index contributed by atoms with van der Waals surface area (Å²) in [6.45, 7) is 4.46. The van der Waals surface area contributed by atoms with Gasteiger partial charge in [0.15, 0.2) is 0 Å². The molecule has 3 fully saturated rings. The van der Waals surface area contributed by atoms with Crippen molar-refractivity contribution in [2.45, 2.75) is 77.2 Å². The molecule has 3 saturated carbocycles. The smallest absolute Gasteiger partial charge is 0.106 e. The lowest BCUT2D eigenvalue weighted by atomic mass is 9.47. The second-order valence-corrected chi connectivity index (χ2v) is 8.83. The fraction of sp³-hybridized carbons (Fsp3) is 0.895. The van der Waals surface area contributed by atoms with Crippen molar-refractivity contribution >= 4 is 0 Å². The Labute approximate surface area is 132 Å². The van der Waals surface area contributed by atoms with E-state index in [4.69, 9.17) is 0 Å². The third-order valence-electron chi connectivity index (χ3n) is 8.05. The first-order chi connectivity index (χ1) is 10.4. The van der Waals surface area contributed by atoms with Gasteiger partial charge in [-0.25, -0.2) is 4.39 Å². The molecule has 0 radical (unpaired) electrons. The van der Waals surface area contributed by atoms with E-state index in [-0.39, 0.29) is 10.8 Å². The number of aliphatic hydroxyl groups is 2. The highest BCUT2D eigenvalue weighted by molar-refractivity contribution is 5.29. The summed E-state index contributed by atoms with van der Waals surface area (Å²) >= 11 is 0. The molecular formula is C19H29FO2. The molecule has 0 amide bonds. The molecule has 22 heavy (non-hydrogen) atoms. The lowest BCUT2D eigenvalue weighted by Crippen LogP contribution is -2.53. The molecule has 8 atom stereocenters. The molecule has 0 aromatic rings. The molecule has 2 nitrogen and oxygen atoms in total. The number of halogens is 1. The molecule has 0 aromatic heterocycles. The van der Waals surface area contributed by atoms with E-state index < -0.39 is 18.4 Å². The minimum Gasteiger partial charge on any atom is -0.390 e. The van der Waals surface area contributed by atoms with Crippen LogP contribution < -0.4 is 0 Å². The van der Waals surface area contributed by atoms with Crippen LogP contribution in [0.3, 0.4) is 0 Å². The molecule has 4 aliphatic carbocycles. The van der Waals surface area contributed by atoms with Crippen LogP contribution in [0, 0.1) is 28.6 Å². The van der Waals surface area contributed by atoms with Crippen LogP contribution in [0.5, 0.6) is 0 Å². The summed E-state index contributed by atoms with van der Waals surface area (Å²) in [7, 11) is 0. The zero-order valence-electron chi connectivity index (χ0n) is 13.8. The van der Waals surface area contributed by atoms with Crippen molar-refractivity contribution in [2.24, 2.45) is 28.6 Å². The first kappa shape index (κ1) is 15.1. The summed E-state index contributed by atoms with van der Waals surface area (Å²) in [5.74, 6) is 1.62. The standard InChI is InChI=1S/C19H29FO2/c1-18-10-8-15(21)17(22)14(18)4-3-11-12-5-6-16(20)19(12,2)9-7-13(11)18/h4,11-13,15-17,21-22H,3,5-10H2,1-2H3/t11-,12-,13+,15?,16?,17?,18+,19-/m0/s1. The van der Waals surface area contributed by atoms with Gasteiger partial charge in [-0.1, -0.05) is 19.9 Å². The molecule has 0 saturated heterocycles. The number of hydrogen-bond donors (Lipinski definition) is 2. The van der Waals surface area contributed by atoms with Gasteiger partial charge in [0.05, 0.1) is 6.10 Å². The van der Waals surface area contributed by atoms with Gasteiger partial charge in [-0.05, 0) is 73.7 Å². The van der Waals surface area contributed by atoms with E-state index in [0.29, 0.717) is 24.2 Å². The molecule has 124 valence electrons. The van der Waals surface area contributed by atoms with E-state index in [1.807, 2.05) is 0 Å². The van der Waals surface area contributed by atoms with Crippen molar-refractivity contribution in [1.82, 2.24) is 0 Å². The predicted molar refractivity (Wildman–Crippen MR) is 84.0 cm³/mol. The minimum atomic E-state index is -0.689. The Kier molecular flexibility index (Phi) is 3.30. The summed E-state index contributed by atoms with van der Waals surface area (Å²) in [6.07, 6.45) is 6.72. The lowest BCUT2D eigenvalue weighted by Gasteiger charge is -2.58. The fourth-order valence-corrected chi connectivity index (χ4v) is 6.65. The quantitative estimate of drug-likeness (QED) is 0.671. The highest BCUT2D eigenvalue weighted by Crippen LogP contribution is 2.65. The van der Waals surface area contributed by atoms with Crippen LogP contribution in [-0.4, -0.2) is 28.6 Å². The van der Waals surface area contributed by atoms with Gasteiger partial charge in [-0.3, -0.25) is 0 Å². The number of aliphatic hydroxyl groups excluding tert-OH is 2. The van der Waals surface area contributed by atoms with Gasteiger partial charge < -0.3 is 10.2 Å². The van der Waals surface area contributed by atoms with Crippen molar-refractivity contribution in [3.63, 3.8) is 0 Å². The molecule has 0 spiro atoms. The molecule has 0 bridgehead atoms. The molecule has 0 aromatic carbocycles. The van der Waals surface area contributed by atoms with Crippen LogP contribution in [0.1, 0.15) is 58.8 Å². The van der Waals surface area contributed by atoms with Crippen molar-refractivity contribution in [2.75, 3.05) is 0 Å². The van der Waals surface area contributed by atoms with Crippen LogP contribution in [0.2, 0.25) is 0 Å². The topological polar surface area (TPSA) is 40.5 Å². The van der Waals surface area contributed by atoms with Crippen molar-refractivity contribution < 1.29 is 14.6 Å². The largest absolute Gasteiger partial charge is 0.390 e. The highest BCUT2D eigenvalue weighted by atomic mass is 19.1. The lowest BCUT2D eigenvalue weighted by molar-refractivity contribution is -0.0783. The third-order valence-corrected chi connectivity index (χ3v) is 8.05. The minimum absolute atomic E-state index is 0.0112. The fourth-order valence-electron chi connectivity index (χ4n) is 6.65. The molecule has 4 aliphatic rings. The van der Waals surface area contributed by atoms with Crippen molar-refractivity contribution in [3.8, 4) is 0 Å². The first-order valence-corrected chi connectivity index (χ1v) is 9.08. The Bertz CT molecular complexity index is 504. The summed E-state index contributed by atoms with van der Waals surface area (Å²) in [5.41, 5.74) is 0.971. The monoisotopic (exact) mass is 308 g/mol. The normalized spacial score (nSPS) is 57.6. The van der Waals surface area contributed by atoms with Gasteiger partial charge in [0.25, 0.3) is 0 Å². The van der Waals surface area contributed by atoms with E-state index in [9.17, 15) is 14.6 Å². The molecule has 0 heterocycles. The van der Waals surface area contributed by atoms with Gasteiger partial charge in [0.2, 0.25) is 0 Å². The van der Waals surface area contributed by atoms with E-state index in [2.05, 4.69) is 19.9 Å². The number of hydrogen-bond acceptors (Lipinski definition) is 2. The average molecular weight is 308 g/mol. The van der Waals surface area contributed by atoms with Crippen LogP contribution in [-0.2, 0) is 0 Å². The second-order valence-electron chi connectivity index (χ2n) is 8.83. The second kappa shape index (κ2) is 4.80. The van der Waals surface area contributed by atoms with Gasteiger partial charge in [-0.2, -0.15) is 0 Å². The van der Waals surface area contributed by atoms with Crippen LogP contribution in [0.25, 0.3) is 0 Å². The van der Waals surface area contributed by atoms with Crippen molar-refractivity contribution in [1.29, 1.82) is 0 Å². The van der Waals surface area contributed by atoms with Gasteiger partial charge in [-0.15, -0.1) is 0 Å². The Morgan fingerprint density at radius 1 is 1.05 bits per heavy atom. The van der Waals surface area contributed by atoms with Crippen LogP contribution in [0.4, 0.5) is 4.39 Å². The van der Waals surface area contributed by atoms with E-state index in [0.717, 1.165) is 44.1 Å². The van der Waals surface area contributed by atoms with E-state index >= 15 is 0 Å². The van der Waals surface area contributed by atoms with Gasteiger partial charge >= 0.3 is 0 Å². The number of allylic oxidation sites excluding steroid dienone is 1. The molecular weight excluding hydrogens is 279 g/mol. The average Bonchev–Trinajstić information content (AvgIpc) is 2.79. The zero-order chi connectivity index (χ0) is 15.7. The maximum atomic E-state index is 14.5. The number of fused-ring (bicyclic) bond motifs is 5. The SMILES string of the molecule is C[C@]12CCC(O)C(O)C1=CC[C@@H]1[C@H]2CC[C@]2(C)C(F)CC[C@@H]12. The summed E-state index contributed by atoms with van der Waals surface area (Å²) in [5, 5.41) is 20.4. The first-order valence-electron chi connectivity index (χ1n) is 9.08. The van der Waals surface area contributed by atoms with Crippen LogP contribution >= 0.6 is 0 Å². The Morgan fingerprint density at radius 3 is 2.59 bits per heavy atom. The summed E-state index contributed by atoms with van der Waals surface area (Å²) in [4.78, 5) is 0. The van der Waals surface area contributed by atoms with E-state index in [1.165, 1.54) is 0 Å². The number of rotatable bonds is 0.